The van der Waals surface area contributed by atoms with Gasteiger partial charge in [0.15, 0.2) is 0 Å². The van der Waals surface area contributed by atoms with E-state index in [1.54, 1.807) is 0 Å². The molecule has 0 bridgehead atoms. The number of aryl methyl sites for hydroxylation is 1. The first-order valence-electron chi connectivity index (χ1n) is 8.68. The first-order valence-corrected chi connectivity index (χ1v) is 8.68. The predicted molar refractivity (Wildman–Crippen MR) is 99.1 cm³/mol. The Labute approximate surface area is 144 Å². The Hall–Kier alpha value is -2.36. The highest BCUT2D eigenvalue weighted by atomic mass is 16.5. The molecule has 3 rings (SSSR count). The molecular weight excluding hydrogens is 300 g/mol. The van der Waals surface area contributed by atoms with E-state index >= 15 is 0 Å². The van der Waals surface area contributed by atoms with Gasteiger partial charge in [-0.3, -0.25) is 0 Å². The lowest BCUT2D eigenvalue weighted by Gasteiger charge is -2.35. The number of fused-ring (bicyclic) bond motifs is 1. The van der Waals surface area contributed by atoms with Crippen LogP contribution in [0.25, 0.3) is 0 Å². The van der Waals surface area contributed by atoms with Crippen molar-refractivity contribution >= 4 is 11.4 Å². The molecule has 0 saturated carbocycles. The van der Waals surface area contributed by atoms with Gasteiger partial charge in [-0.1, -0.05) is 19.1 Å². The molecule has 1 unspecified atom stereocenters. The van der Waals surface area contributed by atoms with Crippen molar-refractivity contribution in [3.63, 3.8) is 0 Å². The fourth-order valence-corrected chi connectivity index (χ4v) is 3.03. The van der Waals surface area contributed by atoms with Gasteiger partial charge in [-0.2, -0.15) is 0 Å². The van der Waals surface area contributed by atoms with E-state index in [0.29, 0.717) is 6.61 Å². The topological polar surface area (TPSA) is 47.7 Å². The summed E-state index contributed by atoms with van der Waals surface area (Å²) in [5.41, 5.74) is 9.05. The first-order chi connectivity index (χ1) is 11.7. The SMILES string of the molecule is CCc1ccc(OCCCN2CC(C)Oc3cc(N)ccc32)cc1. The van der Waals surface area contributed by atoms with Gasteiger partial charge in [-0.15, -0.1) is 0 Å². The lowest BCUT2D eigenvalue weighted by molar-refractivity contribution is 0.211. The van der Waals surface area contributed by atoms with E-state index in [4.69, 9.17) is 15.2 Å². The van der Waals surface area contributed by atoms with Gasteiger partial charge in [0.1, 0.15) is 17.6 Å². The lowest BCUT2D eigenvalue weighted by Crippen LogP contribution is -2.39. The van der Waals surface area contributed by atoms with Crippen LogP contribution in [0.2, 0.25) is 0 Å². The zero-order chi connectivity index (χ0) is 16.9. The third kappa shape index (κ3) is 3.94. The highest BCUT2D eigenvalue weighted by Gasteiger charge is 2.22. The summed E-state index contributed by atoms with van der Waals surface area (Å²) in [6.45, 7) is 6.79. The second-order valence-electron chi connectivity index (χ2n) is 6.30. The van der Waals surface area contributed by atoms with Crippen LogP contribution in [-0.2, 0) is 6.42 Å². The van der Waals surface area contributed by atoms with Gasteiger partial charge in [-0.25, -0.2) is 0 Å². The van der Waals surface area contributed by atoms with Gasteiger partial charge in [0.25, 0.3) is 0 Å². The fourth-order valence-electron chi connectivity index (χ4n) is 3.03. The van der Waals surface area contributed by atoms with Gasteiger partial charge in [-0.05, 0) is 49.6 Å². The first kappa shape index (κ1) is 16.5. The largest absolute Gasteiger partial charge is 0.494 e. The van der Waals surface area contributed by atoms with Gasteiger partial charge in [0, 0.05) is 18.3 Å². The third-order valence-electron chi connectivity index (χ3n) is 4.30. The van der Waals surface area contributed by atoms with Crippen molar-refractivity contribution in [2.45, 2.75) is 32.8 Å². The molecule has 0 saturated heterocycles. The van der Waals surface area contributed by atoms with Crippen molar-refractivity contribution < 1.29 is 9.47 Å². The van der Waals surface area contributed by atoms with Gasteiger partial charge in [0.05, 0.1) is 18.8 Å². The molecule has 128 valence electrons. The van der Waals surface area contributed by atoms with Crippen LogP contribution in [0.5, 0.6) is 11.5 Å². The maximum Gasteiger partial charge on any atom is 0.145 e. The van der Waals surface area contributed by atoms with E-state index in [1.807, 2.05) is 30.3 Å². The predicted octanol–water partition coefficient (Wildman–Crippen LogP) is 3.89. The number of nitrogen functional groups attached to an aromatic ring is 1. The van der Waals surface area contributed by atoms with Gasteiger partial charge in [0.2, 0.25) is 0 Å². The van der Waals surface area contributed by atoms with E-state index in [0.717, 1.165) is 48.8 Å². The molecule has 1 aliphatic heterocycles. The third-order valence-corrected chi connectivity index (χ3v) is 4.30. The van der Waals surface area contributed by atoms with Crippen LogP contribution in [0, 0.1) is 0 Å². The lowest BCUT2D eigenvalue weighted by atomic mass is 10.1. The summed E-state index contributed by atoms with van der Waals surface area (Å²) in [5, 5.41) is 0. The van der Waals surface area contributed by atoms with Gasteiger partial charge < -0.3 is 20.1 Å². The molecule has 2 aromatic carbocycles. The molecule has 24 heavy (non-hydrogen) atoms. The average Bonchev–Trinajstić information content (AvgIpc) is 2.58. The number of anilines is 2. The normalized spacial score (nSPS) is 16.4. The number of ether oxygens (including phenoxy) is 2. The quantitative estimate of drug-likeness (QED) is 0.646. The molecule has 0 spiro atoms. The molecule has 4 heteroatoms. The second-order valence-corrected chi connectivity index (χ2v) is 6.30. The van der Waals surface area contributed by atoms with Crippen LogP contribution in [0.4, 0.5) is 11.4 Å². The average molecular weight is 326 g/mol. The molecule has 0 amide bonds. The Morgan fingerprint density at radius 3 is 2.75 bits per heavy atom. The van der Waals surface area contributed by atoms with E-state index in [1.165, 1.54) is 5.56 Å². The number of benzene rings is 2. The van der Waals surface area contributed by atoms with Crippen molar-refractivity contribution in [3.05, 3.63) is 48.0 Å². The summed E-state index contributed by atoms with van der Waals surface area (Å²) in [5.74, 6) is 1.82. The summed E-state index contributed by atoms with van der Waals surface area (Å²) in [4.78, 5) is 2.35. The molecule has 1 aliphatic rings. The standard InChI is InChI=1S/C20H26N2O2/c1-3-16-5-8-18(9-6-16)23-12-4-11-22-14-15(2)24-20-13-17(21)7-10-19(20)22/h5-10,13,15H,3-4,11-12,14,21H2,1-2H3. The second kappa shape index (κ2) is 7.47. The Balaban J connectivity index is 1.53. The molecule has 4 nitrogen and oxygen atoms in total. The summed E-state index contributed by atoms with van der Waals surface area (Å²) in [6, 6.07) is 14.2. The van der Waals surface area contributed by atoms with Gasteiger partial charge >= 0.3 is 0 Å². The number of hydrogen-bond donors (Lipinski definition) is 1. The highest BCUT2D eigenvalue weighted by Crippen LogP contribution is 2.35. The minimum absolute atomic E-state index is 0.168. The molecule has 2 aromatic rings. The van der Waals surface area contributed by atoms with Crippen molar-refractivity contribution in [2.24, 2.45) is 0 Å². The maximum atomic E-state index is 5.89. The summed E-state index contributed by atoms with van der Waals surface area (Å²) >= 11 is 0. The van der Waals surface area contributed by atoms with Crippen LogP contribution < -0.4 is 20.1 Å². The molecule has 1 heterocycles. The zero-order valence-electron chi connectivity index (χ0n) is 14.5. The minimum atomic E-state index is 0.168. The van der Waals surface area contributed by atoms with Crippen LogP contribution in [-0.4, -0.2) is 25.8 Å². The monoisotopic (exact) mass is 326 g/mol. The fraction of sp³-hybridized carbons (Fsp3) is 0.400. The van der Waals surface area contributed by atoms with E-state index < -0.39 is 0 Å². The molecule has 1 atom stereocenters. The molecule has 0 aromatic heterocycles. The summed E-state index contributed by atoms with van der Waals surface area (Å²) < 4.78 is 11.7. The van der Waals surface area contributed by atoms with Crippen LogP contribution in [0.3, 0.4) is 0 Å². The van der Waals surface area contributed by atoms with Crippen molar-refractivity contribution in [1.82, 2.24) is 0 Å². The molecule has 0 aliphatic carbocycles. The minimum Gasteiger partial charge on any atom is -0.494 e. The Bertz CT molecular complexity index is 670. The maximum absolute atomic E-state index is 5.89. The molecular formula is C20H26N2O2. The Morgan fingerprint density at radius 1 is 1.21 bits per heavy atom. The highest BCUT2D eigenvalue weighted by molar-refractivity contribution is 5.65. The van der Waals surface area contributed by atoms with E-state index in [9.17, 15) is 0 Å². The van der Waals surface area contributed by atoms with Crippen LogP contribution in [0.1, 0.15) is 25.8 Å². The number of nitrogens with zero attached hydrogens (tertiary/aromatic N) is 1. The Kier molecular flexibility index (Phi) is 5.14. The zero-order valence-corrected chi connectivity index (χ0v) is 14.5. The molecule has 2 N–H and O–H groups in total. The number of hydrogen-bond acceptors (Lipinski definition) is 4. The number of nitrogens with two attached hydrogens (primary N) is 1. The van der Waals surface area contributed by atoms with Crippen molar-refractivity contribution in [2.75, 3.05) is 30.3 Å². The van der Waals surface area contributed by atoms with Crippen molar-refractivity contribution in [1.29, 1.82) is 0 Å². The van der Waals surface area contributed by atoms with E-state index in [2.05, 4.69) is 30.9 Å². The van der Waals surface area contributed by atoms with Crippen LogP contribution >= 0.6 is 0 Å². The molecule has 0 fully saturated rings. The van der Waals surface area contributed by atoms with E-state index in [-0.39, 0.29) is 6.10 Å². The Morgan fingerprint density at radius 2 is 2.00 bits per heavy atom. The molecule has 0 radical (unpaired) electrons. The summed E-state index contributed by atoms with van der Waals surface area (Å²) in [6.07, 6.45) is 2.19. The van der Waals surface area contributed by atoms with Crippen LogP contribution in [0.15, 0.2) is 42.5 Å². The smallest absolute Gasteiger partial charge is 0.145 e. The summed E-state index contributed by atoms with van der Waals surface area (Å²) in [7, 11) is 0. The van der Waals surface area contributed by atoms with Crippen molar-refractivity contribution in [3.8, 4) is 11.5 Å². The number of rotatable bonds is 6.